The highest BCUT2D eigenvalue weighted by Crippen LogP contribution is 2.20. The summed E-state index contributed by atoms with van der Waals surface area (Å²) in [4.78, 5) is 27.9. The molecule has 0 aliphatic carbocycles. The Hall–Kier alpha value is -1.92. The third kappa shape index (κ3) is 4.29. The molecule has 0 fully saturated rings. The van der Waals surface area contributed by atoms with E-state index in [9.17, 15) is 9.59 Å². The Morgan fingerprint density at radius 1 is 1.27 bits per heavy atom. The standard InChI is InChI=1S/C15H15ClN2O3S/c1-15(2,3)21-14(20)10-7-6-9(12(16)17-10)13(19)18-11-5-4-8-22-11/h4-8H,1-3H3,(H,18,19). The van der Waals surface area contributed by atoms with Gasteiger partial charge in [0, 0.05) is 0 Å². The summed E-state index contributed by atoms with van der Waals surface area (Å²) in [6.45, 7) is 5.28. The molecule has 2 aromatic heterocycles. The van der Waals surface area contributed by atoms with Crippen LogP contribution in [0.15, 0.2) is 29.6 Å². The maximum Gasteiger partial charge on any atom is 0.357 e. The number of pyridine rings is 1. The second-order valence-corrected chi connectivity index (χ2v) is 6.77. The summed E-state index contributed by atoms with van der Waals surface area (Å²) in [5.74, 6) is -0.963. The van der Waals surface area contributed by atoms with Crippen molar-refractivity contribution >= 4 is 39.8 Å². The van der Waals surface area contributed by atoms with Crippen molar-refractivity contribution < 1.29 is 14.3 Å². The van der Waals surface area contributed by atoms with Crippen molar-refractivity contribution in [3.05, 3.63) is 46.1 Å². The molecule has 0 unspecified atom stereocenters. The molecule has 1 amide bonds. The molecule has 0 spiro atoms. The number of aromatic nitrogens is 1. The highest BCUT2D eigenvalue weighted by molar-refractivity contribution is 7.14. The zero-order valence-electron chi connectivity index (χ0n) is 12.3. The van der Waals surface area contributed by atoms with Crippen LogP contribution in [0.5, 0.6) is 0 Å². The van der Waals surface area contributed by atoms with E-state index < -0.39 is 11.6 Å². The number of halogens is 1. The first-order chi connectivity index (χ1) is 10.3. The lowest BCUT2D eigenvalue weighted by Crippen LogP contribution is -2.24. The fourth-order valence-corrected chi connectivity index (χ4v) is 2.43. The zero-order chi connectivity index (χ0) is 16.3. The van der Waals surface area contributed by atoms with E-state index in [2.05, 4.69) is 10.3 Å². The van der Waals surface area contributed by atoms with Crippen LogP contribution in [0.3, 0.4) is 0 Å². The summed E-state index contributed by atoms with van der Waals surface area (Å²) < 4.78 is 5.21. The minimum absolute atomic E-state index is 0.0441. The topological polar surface area (TPSA) is 68.3 Å². The van der Waals surface area contributed by atoms with Crippen LogP contribution in [-0.4, -0.2) is 22.5 Å². The predicted molar refractivity (Wildman–Crippen MR) is 86.7 cm³/mol. The molecule has 0 saturated heterocycles. The number of hydrogen-bond donors (Lipinski definition) is 1. The van der Waals surface area contributed by atoms with Gasteiger partial charge < -0.3 is 10.1 Å². The van der Waals surface area contributed by atoms with Gasteiger partial charge in [-0.2, -0.15) is 0 Å². The second-order valence-electron chi connectivity index (χ2n) is 5.47. The first-order valence-corrected chi connectivity index (χ1v) is 7.77. The summed E-state index contributed by atoms with van der Waals surface area (Å²) in [5.41, 5.74) is -0.365. The van der Waals surface area contributed by atoms with Crippen LogP contribution in [-0.2, 0) is 4.74 Å². The van der Waals surface area contributed by atoms with Crippen molar-refractivity contribution in [2.45, 2.75) is 26.4 Å². The summed E-state index contributed by atoms with van der Waals surface area (Å²) in [6, 6.07) is 6.48. The van der Waals surface area contributed by atoms with E-state index >= 15 is 0 Å². The molecule has 22 heavy (non-hydrogen) atoms. The highest BCUT2D eigenvalue weighted by Gasteiger charge is 2.21. The van der Waals surface area contributed by atoms with E-state index in [4.69, 9.17) is 16.3 Å². The van der Waals surface area contributed by atoms with Crippen LogP contribution in [0, 0.1) is 0 Å². The number of nitrogens with one attached hydrogen (secondary N) is 1. The van der Waals surface area contributed by atoms with Crippen LogP contribution in [0.4, 0.5) is 5.00 Å². The van der Waals surface area contributed by atoms with Crippen LogP contribution >= 0.6 is 22.9 Å². The largest absolute Gasteiger partial charge is 0.455 e. The van der Waals surface area contributed by atoms with Gasteiger partial charge in [-0.15, -0.1) is 11.3 Å². The smallest absolute Gasteiger partial charge is 0.357 e. The predicted octanol–water partition coefficient (Wildman–Crippen LogP) is 4.00. The van der Waals surface area contributed by atoms with Crippen LogP contribution < -0.4 is 5.32 Å². The first-order valence-electron chi connectivity index (χ1n) is 6.51. The van der Waals surface area contributed by atoms with Gasteiger partial charge in [-0.25, -0.2) is 9.78 Å². The maximum atomic E-state index is 12.1. The minimum Gasteiger partial charge on any atom is -0.455 e. The molecule has 2 heterocycles. The number of ether oxygens (including phenoxy) is 1. The van der Waals surface area contributed by atoms with Gasteiger partial charge in [-0.3, -0.25) is 4.79 Å². The van der Waals surface area contributed by atoms with Crippen molar-refractivity contribution in [1.29, 1.82) is 0 Å². The SMILES string of the molecule is CC(C)(C)OC(=O)c1ccc(C(=O)Nc2cccs2)c(Cl)n1. The van der Waals surface area contributed by atoms with Gasteiger partial charge in [-0.1, -0.05) is 11.6 Å². The van der Waals surface area contributed by atoms with Crippen LogP contribution in [0.1, 0.15) is 41.6 Å². The minimum atomic E-state index is -0.625. The number of nitrogens with zero attached hydrogens (tertiary/aromatic N) is 1. The Labute approximate surface area is 137 Å². The summed E-state index contributed by atoms with van der Waals surface area (Å²) >= 11 is 7.40. The van der Waals surface area contributed by atoms with Crippen molar-refractivity contribution in [2.75, 3.05) is 5.32 Å². The quantitative estimate of drug-likeness (QED) is 0.678. The molecule has 5 nitrogen and oxygen atoms in total. The Morgan fingerprint density at radius 2 is 2.00 bits per heavy atom. The highest BCUT2D eigenvalue weighted by atomic mass is 35.5. The lowest BCUT2D eigenvalue weighted by molar-refractivity contribution is 0.00626. The van der Waals surface area contributed by atoms with Gasteiger partial charge in [0.1, 0.15) is 16.4 Å². The number of amides is 1. The normalized spacial score (nSPS) is 11.1. The molecular weight excluding hydrogens is 324 g/mol. The number of carbonyl (C=O) groups is 2. The van der Waals surface area contributed by atoms with Crippen molar-refractivity contribution in [3.8, 4) is 0 Å². The van der Waals surface area contributed by atoms with E-state index in [1.807, 2.05) is 11.4 Å². The molecule has 2 rings (SSSR count). The Bertz CT molecular complexity index is 693. The molecule has 0 aliphatic heterocycles. The lowest BCUT2D eigenvalue weighted by Gasteiger charge is -2.19. The number of rotatable bonds is 3. The molecule has 7 heteroatoms. The van der Waals surface area contributed by atoms with Gasteiger partial charge in [-0.05, 0) is 50.4 Å². The van der Waals surface area contributed by atoms with Crippen molar-refractivity contribution in [1.82, 2.24) is 4.98 Å². The molecule has 2 aromatic rings. The van der Waals surface area contributed by atoms with E-state index in [-0.39, 0.29) is 22.3 Å². The molecule has 116 valence electrons. The molecule has 1 N–H and O–H groups in total. The first kappa shape index (κ1) is 16.5. The Balaban J connectivity index is 2.16. The third-order valence-electron chi connectivity index (χ3n) is 2.46. The molecule has 0 aromatic carbocycles. The number of carbonyl (C=O) groups excluding carboxylic acids is 2. The lowest BCUT2D eigenvalue weighted by atomic mass is 10.2. The van der Waals surface area contributed by atoms with Crippen LogP contribution in [0.25, 0.3) is 0 Å². The van der Waals surface area contributed by atoms with Crippen LogP contribution in [0.2, 0.25) is 5.15 Å². The van der Waals surface area contributed by atoms with Gasteiger partial charge in [0.15, 0.2) is 0 Å². The Morgan fingerprint density at radius 3 is 2.55 bits per heavy atom. The average Bonchev–Trinajstić information content (AvgIpc) is 2.89. The number of hydrogen-bond acceptors (Lipinski definition) is 5. The van der Waals surface area contributed by atoms with E-state index in [1.54, 1.807) is 26.8 Å². The maximum absolute atomic E-state index is 12.1. The van der Waals surface area contributed by atoms with Gasteiger partial charge in [0.05, 0.1) is 10.6 Å². The van der Waals surface area contributed by atoms with Crippen molar-refractivity contribution in [3.63, 3.8) is 0 Å². The third-order valence-corrected chi connectivity index (χ3v) is 3.53. The number of anilines is 1. The number of esters is 1. The Kier molecular flexibility index (Phi) is 4.83. The molecular formula is C15H15ClN2O3S. The van der Waals surface area contributed by atoms with Gasteiger partial charge in [0.2, 0.25) is 0 Å². The number of thiophene rings is 1. The summed E-state index contributed by atoms with van der Waals surface area (Å²) in [7, 11) is 0. The van der Waals surface area contributed by atoms with Gasteiger partial charge in [0.25, 0.3) is 5.91 Å². The molecule has 0 radical (unpaired) electrons. The van der Waals surface area contributed by atoms with E-state index in [1.165, 1.54) is 23.5 Å². The summed E-state index contributed by atoms with van der Waals surface area (Å²) in [6.07, 6.45) is 0. The summed E-state index contributed by atoms with van der Waals surface area (Å²) in [5, 5.41) is 5.21. The average molecular weight is 339 g/mol. The van der Waals surface area contributed by atoms with Gasteiger partial charge >= 0.3 is 5.97 Å². The zero-order valence-corrected chi connectivity index (χ0v) is 13.9. The fraction of sp³-hybridized carbons (Fsp3) is 0.267. The monoisotopic (exact) mass is 338 g/mol. The van der Waals surface area contributed by atoms with E-state index in [0.29, 0.717) is 5.00 Å². The molecule has 0 saturated carbocycles. The second kappa shape index (κ2) is 6.46. The van der Waals surface area contributed by atoms with E-state index in [0.717, 1.165) is 0 Å². The fourth-order valence-electron chi connectivity index (χ4n) is 1.58. The van der Waals surface area contributed by atoms with Crippen molar-refractivity contribution in [2.24, 2.45) is 0 Å². The molecule has 0 aliphatic rings. The molecule has 0 atom stereocenters. The molecule has 0 bridgehead atoms.